The van der Waals surface area contributed by atoms with Crippen molar-refractivity contribution in [1.29, 1.82) is 0 Å². The molecule has 22 heavy (non-hydrogen) atoms. The van der Waals surface area contributed by atoms with Crippen LogP contribution in [0.3, 0.4) is 0 Å². The van der Waals surface area contributed by atoms with Crippen LogP contribution in [0.1, 0.15) is 56.9 Å². The Kier molecular flexibility index (Phi) is 3.49. The highest BCUT2D eigenvalue weighted by Crippen LogP contribution is 2.49. The Hall–Kier alpha value is -1.52. The number of nitrogens with one attached hydrogen (secondary N) is 2. The first kappa shape index (κ1) is 15.4. The van der Waals surface area contributed by atoms with Crippen molar-refractivity contribution in [3.8, 4) is 0 Å². The summed E-state index contributed by atoms with van der Waals surface area (Å²) >= 11 is 0. The first-order chi connectivity index (χ1) is 10.3. The van der Waals surface area contributed by atoms with Crippen molar-refractivity contribution in [3.05, 3.63) is 45.0 Å². The molecule has 1 saturated carbocycles. The monoisotopic (exact) mass is 300 g/mol. The van der Waals surface area contributed by atoms with Crippen LogP contribution in [-0.4, -0.2) is 22.2 Å². The fourth-order valence-electron chi connectivity index (χ4n) is 4.18. The van der Waals surface area contributed by atoms with Crippen LogP contribution in [0.2, 0.25) is 0 Å². The van der Waals surface area contributed by atoms with Crippen molar-refractivity contribution in [2.45, 2.75) is 65.6 Å². The molecule has 120 valence electrons. The molecule has 1 fully saturated rings. The summed E-state index contributed by atoms with van der Waals surface area (Å²) in [5.74, 6) is -0.854. The zero-order chi connectivity index (χ0) is 16.3. The maximum absolute atomic E-state index is 12.9. The van der Waals surface area contributed by atoms with E-state index >= 15 is 0 Å². The van der Waals surface area contributed by atoms with Gasteiger partial charge in [0.15, 0.2) is 0 Å². The van der Waals surface area contributed by atoms with Crippen LogP contribution in [0, 0.1) is 41.5 Å². The maximum atomic E-state index is 12.9. The largest absolute Gasteiger partial charge is 0.851 e. The summed E-state index contributed by atoms with van der Waals surface area (Å²) in [6.45, 7) is 11.9. The Balaban J connectivity index is 1.98. The van der Waals surface area contributed by atoms with Gasteiger partial charge in [-0.3, -0.25) is 0 Å². The topological polar surface area (TPSA) is 77.7 Å². The van der Waals surface area contributed by atoms with E-state index in [1.807, 2.05) is 41.5 Å². The SMILES string of the molecule is Cc1[nH]c(C)c(C2C([O-])C(c3c(C)[nH]c(C)c3C)C2[O-])c1C. The normalized spacial score (nSPS) is 28.0. The van der Waals surface area contributed by atoms with Gasteiger partial charge >= 0.3 is 0 Å². The fourth-order valence-corrected chi connectivity index (χ4v) is 4.18. The van der Waals surface area contributed by atoms with E-state index in [4.69, 9.17) is 0 Å². The predicted octanol–water partition coefficient (Wildman–Crippen LogP) is 1.53. The average Bonchev–Trinajstić information content (AvgIpc) is 2.83. The summed E-state index contributed by atoms with van der Waals surface area (Å²) in [6.07, 6.45) is -1.72. The molecule has 2 N–H and O–H groups in total. The number of rotatable bonds is 2. The number of hydrogen-bond donors (Lipinski definition) is 2. The molecule has 0 bridgehead atoms. The fraction of sp³-hybridized carbons (Fsp3) is 0.556. The van der Waals surface area contributed by atoms with Crippen molar-refractivity contribution >= 4 is 0 Å². The summed E-state index contributed by atoms with van der Waals surface area (Å²) in [5, 5.41) is 25.7. The molecule has 1 aliphatic carbocycles. The van der Waals surface area contributed by atoms with Gasteiger partial charge in [-0.15, -0.1) is 12.2 Å². The molecule has 0 unspecified atom stereocenters. The first-order valence-electron chi connectivity index (χ1n) is 7.88. The van der Waals surface area contributed by atoms with Crippen LogP contribution in [0.15, 0.2) is 0 Å². The van der Waals surface area contributed by atoms with Crippen molar-refractivity contribution in [2.75, 3.05) is 0 Å². The smallest absolute Gasteiger partial charge is 0.0154 e. The third-order valence-corrected chi connectivity index (χ3v) is 5.57. The Morgan fingerprint density at radius 1 is 0.591 bits per heavy atom. The summed E-state index contributed by atoms with van der Waals surface area (Å²) in [6, 6.07) is 0. The number of hydrogen-bond acceptors (Lipinski definition) is 2. The lowest BCUT2D eigenvalue weighted by molar-refractivity contribution is -0.536. The van der Waals surface area contributed by atoms with Gasteiger partial charge in [0.05, 0.1) is 0 Å². The molecule has 0 spiro atoms. The summed E-state index contributed by atoms with van der Waals surface area (Å²) in [4.78, 5) is 6.53. The second-order valence-corrected chi connectivity index (χ2v) is 6.81. The van der Waals surface area contributed by atoms with E-state index in [9.17, 15) is 10.2 Å². The van der Waals surface area contributed by atoms with Gasteiger partial charge in [-0.25, -0.2) is 0 Å². The minimum Gasteiger partial charge on any atom is -0.851 e. The highest BCUT2D eigenvalue weighted by molar-refractivity contribution is 5.47. The molecule has 0 radical (unpaired) electrons. The van der Waals surface area contributed by atoms with Crippen LogP contribution >= 0.6 is 0 Å². The molecule has 4 heteroatoms. The van der Waals surface area contributed by atoms with E-state index in [1.54, 1.807) is 0 Å². The Morgan fingerprint density at radius 2 is 0.909 bits per heavy atom. The molecule has 0 saturated heterocycles. The summed E-state index contributed by atoms with van der Waals surface area (Å²) in [7, 11) is 0. The zero-order valence-electron chi connectivity index (χ0n) is 14.1. The lowest BCUT2D eigenvalue weighted by atomic mass is 9.62. The Bertz CT molecular complexity index is 656. The van der Waals surface area contributed by atoms with E-state index in [2.05, 4.69) is 9.97 Å². The van der Waals surface area contributed by atoms with Crippen LogP contribution in [0.4, 0.5) is 0 Å². The predicted molar refractivity (Wildman–Crippen MR) is 83.1 cm³/mol. The molecule has 0 amide bonds. The van der Waals surface area contributed by atoms with Gasteiger partial charge in [0.25, 0.3) is 0 Å². The van der Waals surface area contributed by atoms with E-state index in [0.29, 0.717) is 0 Å². The van der Waals surface area contributed by atoms with Crippen molar-refractivity contribution in [1.82, 2.24) is 9.97 Å². The third-order valence-electron chi connectivity index (χ3n) is 5.57. The van der Waals surface area contributed by atoms with Crippen molar-refractivity contribution < 1.29 is 10.2 Å². The standard InChI is InChI=1S/C18H24N2O2/c1-7-9(3)19-11(5)13(7)15-17(21)16(18(15)22)14-8(2)10(4)20-12(14)6/h15-20H,1-6H3/q-2. The van der Waals surface area contributed by atoms with E-state index in [0.717, 1.165) is 45.0 Å². The van der Waals surface area contributed by atoms with E-state index < -0.39 is 24.0 Å². The minimum absolute atomic E-state index is 0.427. The molecule has 0 aromatic carbocycles. The molecular weight excluding hydrogens is 276 g/mol. The number of aromatic amines is 2. The van der Waals surface area contributed by atoms with Gasteiger partial charge in [0.1, 0.15) is 0 Å². The first-order valence-corrected chi connectivity index (χ1v) is 7.88. The van der Waals surface area contributed by atoms with Gasteiger partial charge in [-0.1, -0.05) is 0 Å². The molecule has 4 nitrogen and oxygen atoms in total. The lowest BCUT2D eigenvalue weighted by Crippen LogP contribution is -2.64. The Labute approximate surface area is 131 Å². The number of aryl methyl sites for hydroxylation is 4. The molecule has 2 aromatic heterocycles. The van der Waals surface area contributed by atoms with E-state index in [1.165, 1.54) is 0 Å². The summed E-state index contributed by atoms with van der Waals surface area (Å²) in [5.41, 5.74) is 8.10. The van der Waals surface area contributed by atoms with E-state index in [-0.39, 0.29) is 0 Å². The number of aromatic nitrogens is 2. The van der Waals surface area contributed by atoms with Crippen LogP contribution < -0.4 is 10.2 Å². The second-order valence-electron chi connectivity index (χ2n) is 6.81. The maximum Gasteiger partial charge on any atom is 0.0154 e. The highest BCUT2D eigenvalue weighted by atomic mass is 16.3. The molecule has 0 aliphatic heterocycles. The number of H-pyrrole nitrogens is 2. The van der Waals surface area contributed by atoms with Crippen LogP contribution in [0.5, 0.6) is 0 Å². The van der Waals surface area contributed by atoms with Crippen molar-refractivity contribution in [2.24, 2.45) is 0 Å². The lowest BCUT2D eigenvalue weighted by Gasteiger charge is -2.62. The van der Waals surface area contributed by atoms with Gasteiger partial charge in [0.2, 0.25) is 0 Å². The third kappa shape index (κ3) is 1.90. The average molecular weight is 300 g/mol. The molecule has 2 heterocycles. The molecule has 1 aliphatic rings. The van der Waals surface area contributed by atoms with Gasteiger partial charge < -0.3 is 20.2 Å². The zero-order valence-corrected chi connectivity index (χ0v) is 14.1. The van der Waals surface area contributed by atoms with Gasteiger partial charge in [-0.2, -0.15) is 0 Å². The molecular formula is C18H24N2O2-2. The molecule has 3 rings (SSSR count). The Morgan fingerprint density at radius 3 is 1.14 bits per heavy atom. The summed E-state index contributed by atoms with van der Waals surface area (Å²) < 4.78 is 0. The quantitative estimate of drug-likeness (QED) is 0.882. The second kappa shape index (κ2) is 5.00. The molecule has 0 atom stereocenters. The van der Waals surface area contributed by atoms with Gasteiger partial charge in [-0.05, 0) is 75.6 Å². The van der Waals surface area contributed by atoms with Crippen LogP contribution in [0.25, 0.3) is 0 Å². The van der Waals surface area contributed by atoms with Crippen LogP contribution in [-0.2, 0) is 0 Å². The van der Waals surface area contributed by atoms with Crippen molar-refractivity contribution in [3.63, 3.8) is 0 Å². The highest BCUT2D eigenvalue weighted by Gasteiger charge is 2.42. The molecule has 2 aromatic rings. The minimum atomic E-state index is -0.859. The van der Waals surface area contributed by atoms with Gasteiger partial charge in [0, 0.05) is 22.8 Å².